The zero-order valence-electron chi connectivity index (χ0n) is 11.4. The van der Waals surface area contributed by atoms with Gasteiger partial charge >= 0.3 is 0 Å². The average Bonchev–Trinajstić information content (AvgIpc) is 2.34. The van der Waals surface area contributed by atoms with Crippen LogP contribution in [-0.2, 0) is 0 Å². The van der Waals surface area contributed by atoms with Crippen molar-refractivity contribution in [1.82, 2.24) is 0 Å². The maximum Gasteiger partial charge on any atom is 0.0155 e. The second kappa shape index (κ2) is 5.91. The summed E-state index contributed by atoms with van der Waals surface area (Å²) in [5.41, 5.74) is 4.21. The molecule has 2 rings (SSSR count). The molecule has 0 fully saturated rings. The Morgan fingerprint density at radius 2 is 1.44 bits per heavy atom. The zero-order valence-corrected chi connectivity index (χ0v) is 13.1. The van der Waals surface area contributed by atoms with Gasteiger partial charge in [-0.05, 0) is 48.8 Å². The summed E-state index contributed by atoms with van der Waals surface area (Å²) in [5.74, 6) is 0. The van der Waals surface area contributed by atoms with Crippen molar-refractivity contribution in [2.75, 3.05) is 6.26 Å². The highest BCUT2D eigenvalue weighted by molar-refractivity contribution is 8.59. The molecule has 0 aliphatic carbocycles. The minimum atomic E-state index is -0.286. The lowest BCUT2D eigenvalue weighted by molar-refractivity contribution is 1.36. The molecule has 94 valence electrons. The lowest BCUT2D eigenvalue weighted by Gasteiger charge is -2.21. The van der Waals surface area contributed by atoms with E-state index < -0.39 is 0 Å². The largest absolute Gasteiger partial charge is 0.128 e. The maximum absolute atomic E-state index is 2.30. The third kappa shape index (κ3) is 2.79. The molecule has 0 aromatic heterocycles. The van der Waals surface area contributed by atoms with E-state index in [0.717, 1.165) is 0 Å². The molecule has 18 heavy (non-hydrogen) atoms. The van der Waals surface area contributed by atoms with Crippen LogP contribution in [0.3, 0.4) is 0 Å². The summed E-state index contributed by atoms with van der Waals surface area (Å²) in [6.45, 7) is 6.65. The van der Waals surface area contributed by atoms with Crippen LogP contribution in [0.1, 0.15) is 16.7 Å². The van der Waals surface area contributed by atoms with Crippen molar-refractivity contribution in [3.05, 3.63) is 59.2 Å². The molecule has 2 aromatic rings. The predicted molar refractivity (Wildman–Crippen MR) is 86.8 cm³/mol. The van der Waals surface area contributed by atoms with E-state index in [9.17, 15) is 0 Å². The first-order valence-corrected chi connectivity index (χ1v) is 9.27. The van der Waals surface area contributed by atoms with Gasteiger partial charge in [0.2, 0.25) is 0 Å². The van der Waals surface area contributed by atoms with Crippen molar-refractivity contribution in [2.24, 2.45) is 0 Å². The van der Waals surface area contributed by atoms with E-state index in [1.165, 1.54) is 27.3 Å². The van der Waals surface area contributed by atoms with Gasteiger partial charge in [-0.25, -0.2) is 0 Å². The molecule has 0 saturated heterocycles. The Hall–Kier alpha value is -0.780. The summed E-state index contributed by atoms with van der Waals surface area (Å²) in [6.07, 6.45) is 2.22. The van der Waals surface area contributed by atoms with Gasteiger partial charge in [-0.15, -0.1) is 11.4 Å². The van der Waals surface area contributed by atoms with Crippen molar-refractivity contribution in [3.8, 4) is 0 Å². The summed E-state index contributed by atoms with van der Waals surface area (Å²) >= 11 is 1.98. The standard InChI is InChI=1S/C16H19PS/c1-12-10-13(2)16(14(3)11-12)17(18-4)15-8-6-5-7-9-15/h5-11H,1-4H3. The molecule has 0 aliphatic rings. The van der Waals surface area contributed by atoms with Gasteiger partial charge in [0.05, 0.1) is 0 Å². The van der Waals surface area contributed by atoms with Crippen molar-refractivity contribution >= 4 is 29.1 Å². The van der Waals surface area contributed by atoms with E-state index in [4.69, 9.17) is 0 Å². The van der Waals surface area contributed by atoms with Gasteiger partial charge in [-0.1, -0.05) is 48.0 Å². The lowest BCUT2D eigenvalue weighted by atomic mass is 10.1. The molecule has 2 aromatic carbocycles. The number of aryl methyl sites for hydroxylation is 3. The van der Waals surface area contributed by atoms with Gasteiger partial charge in [-0.2, -0.15) is 0 Å². The first-order chi connectivity index (χ1) is 8.63. The van der Waals surface area contributed by atoms with Gasteiger partial charge in [0.15, 0.2) is 0 Å². The highest BCUT2D eigenvalue weighted by Crippen LogP contribution is 2.47. The van der Waals surface area contributed by atoms with E-state index in [1.807, 2.05) is 11.4 Å². The summed E-state index contributed by atoms with van der Waals surface area (Å²) in [6, 6.07) is 15.5. The van der Waals surface area contributed by atoms with Gasteiger partial charge in [0.25, 0.3) is 0 Å². The Morgan fingerprint density at radius 3 is 1.94 bits per heavy atom. The SMILES string of the molecule is CSP(c1ccccc1)c1c(C)cc(C)cc1C. The molecule has 0 spiro atoms. The monoisotopic (exact) mass is 274 g/mol. The van der Waals surface area contributed by atoms with E-state index >= 15 is 0 Å². The third-order valence-electron chi connectivity index (χ3n) is 3.01. The number of hydrogen-bond acceptors (Lipinski definition) is 1. The summed E-state index contributed by atoms with van der Waals surface area (Å²) in [5, 5.41) is 2.99. The van der Waals surface area contributed by atoms with Crippen LogP contribution in [0.2, 0.25) is 0 Å². The van der Waals surface area contributed by atoms with Gasteiger partial charge in [-0.3, -0.25) is 0 Å². The number of hydrogen-bond donors (Lipinski definition) is 0. The summed E-state index contributed by atoms with van der Waals surface area (Å²) < 4.78 is 0. The molecule has 0 amide bonds. The van der Waals surface area contributed by atoms with E-state index in [1.54, 1.807) is 0 Å². The quantitative estimate of drug-likeness (QED) is 0.751. The van der Waals surface area contributed by atoms with Crippen LogP contribution in [0.25, 0.3) is 0 Å². The topological polar surface area (TPSA) is 0 Å². The fourth-order valence-electron chi connectivity index (χ4n) is 2.38. The first kappa shape index (κ1) is 13.6. The Kier molecular flexibility index (Phi) is 4.48. The van der Waals surface area contributed by atoms with Crippen LogP contribution in [-0.4, -0.2) is 6.26 Å². The average molecular weight is 274 g/mol. The predicted octanol–water partition coefficient (Wildman–Crippen LogP) is 4.32. The number of benzene rings is 2. The van der Waals surface area contributed by atoms with Crippen molar-refractivity contribution in [2.45, 2.75) is 20.8 Å². The Bertz CT molecular complexity index is 511. The molecule has 0 nitrogen and oxygen atoms in total. The molecular weight excluding hydrogens is 255 g/mol. The molecule has 0 saturated carbocycles. The van der Waals surface area contributed by atoms with Gasteiger partial charge < -0.3 is 0 Å². The Balaban J connectivity index is 2.52. The Morgan fingerprint density at radius 1 is 0.889 bits per heavy atom. The molecule has 1 unspecified atom stereocenters. The number of rotatable bonds is 3. The molecule has 1 atom stereocenters. The molecule has 0 N–H and O–H groups in total. The van der Waals surface area contributed by atoms with Crippen LogP contribution in [0, 0.1) is 20.8 Å². The molecule has 2 heteroatoms. The second-order valence-corrected chi connectivity index (χ2v) is 8.67. The first-order valence-electron chi connectivity index (χ1n) is 6.10. The highest BCUT2D eigenvalue weighted by Gasteiger charge is 2.17. The van der Waals surface area contributed by atoms with Gasteiger partial charge in [0.1, 0.15) is 0 Å². The van der Waals surface area contributed by atoms with E-state index in [0.29, 0.717) is 0 Å². The minimum Gasteiger partial charge on any atom is -0.128 e. The molecule has 0 heterocycles. The van der Waals surface area contributed by atoms with Crippen molar-refractivity contribution in [3.63, 3.8) is 0 Å². The maximum atomic E-state index is 2.30. The molecule has 0 aliphatic heterocycles. The lowest BCUT2D eigenvalue weighted by Crippen LogP contribution is -2.15. The highest BCUT2D eigenvalue weighted by atomic mass is 32.7. The Labute approximate surface area is 115 Å². The van der Waals surface area contributed by atoms with Crippen LogP contribution in [0.5, 0.6) is 0 Å². The fraction of sp³-hybridized carbons (Fsp3) is 0.250. The van der Waals surface area contributed by atoms with Crippen molar-refractivity contribution < 1.29 is 0 Å². The van der Waals surface area contributed by atoms with E-state index in [-0.39, 0.29) is 7.12 Å². The van der Waals surface area contributed by atoms with Crippen LogP contribution < -0.4 is 10.6 Å². The molecule has 0 bridgehead atoms. The molecule has 0 radical (unpaired) electrons. The van der Waals surface area contributed by atoms with Crippen LogP contribution >= 0.6 is 18.5 Å². The fourth-order valence-corrected chi connectivity index (χ4v) is 6.66. The van der Waals surface area contributed by atoms with Crippen molar-refractivity contribution in [1.29, 1.82) is 0 Å². The summed E-state index contributed by atoms with van der Waals surface area (Å²) in [4.78, 5) is 0. The van der Waals surface area contributed by atoms with Gasteiger partial charge in [0, 0.05) is 7.12 Å². The minimum absolute atomic E-state index is 0.286. The van der Waals surface area contributed by atoms with Crippen LogP contribution in [0.4, 0.5) is 0 Å². The van der Waals surface area contributed by atoms with E-state index in [2.05, 4.69) is 69.5 Å². The zero-order chi connectivity index (χ0) is 13.1. The third-order valence-corrected chi connectivity index (χ3v) is 7.53. The van der Waals surface area contributed by atoms with Crippen LogP contribution in [0.15, 0.2) is 42.5 Å². The second-order valence-electron chi connectivity index (χ2n) is 4.56. The normalized spacial score (nSPS) is 12.4. The summed E-state index contributed by atoms with van der Waals surface area (Å²) in [7, 11) is -0.286. The smallest absolute Gasteiger partial charge is 0.0155 e. The molecular formula is C16H19PS.